The summed E-state index contributed by atoms with van der Waals surface area (Å²) in [6, 6.07) is 0. The molecule has 0 N–H and O–H groups in total. The van der Waals surface area contributed by atoms with Crippen LogP contribution in [-0.4, -0.2) is 21.1 Å². The highest BCUT2D eigenvalue weighted by Crippen LogP contribution is 2.09. The maximum Gasteiger partial charge on any atom is 0.188 e. The van der Waals surface area contributed by atoms with Crippen molar-refractivity contribution in [2.45, 2.75) is 33.7 Å². The number of carbonyl (C=O) groups excluding carboxylic acids is 2. The van der Waals surface area contributed by atoms with Crippen LogP contribution >= 0.6 is 0 Å². The van der Waals surface area contributed by atoms with Crippen molar-refractivity contribution in [3.05, 3.63) is 17.7 Å². The fraction of sp³-hybridized carbons (Fsp3) is 0.500. The average Bonchev–Trinajstić information content (AvgIpc) is 2.45. The van der Waals surface area contributed by atoms with Crippen LogP contribution in [0.25, 0.3) is 0 Å². The van der Waals surface area contributed by atoms with E-state index in [1.165, 1.54) is 6.92 Å². The first-order valence-corrected chi connectivity index (χ1v) is 4.60. The van der Waals surface area contributed by atoms with E-state index < -0.39 is 0 Å². The molecule has 0 amide bonds. The topological polar surface area (TPSA) is 52.0 Å². The van der Waals surface area contributed by atoms with Gasteiger partial charge in [-0.3, -0.25) is 9.59 Å². The second-order valence-electron chi connectivity index (χ2n) is 3.27. The number of aryl methyl sites for hydroxylation is 2. The lowest BCUT2D eigenvalue weighted by atomic mass is 10.1. The van der Waals surface area contributed by atoms with Gasteiger partial charge in [0.25, 0.3) is 0 Å². The van der Waals surface area contributed by atoms with Crippen LogP contribution in [-0.2, 0) is 11.3 Å². The molecule has 0 aliphatic rings. The maximum atomic E-state index is 11.6. The first kappa shape index (κ1) is 10.6. The molecule has 14 heavy (non-hydrogen) atoms. The number of carbonyl (C=O) groups is 2. The molecule has 1 aromatic rings. The van der Waals surface area contributed by atoms with E-state index in [-0.39, 0.29) is 18.0 Å². The zero-order chi connectivity index (χ0) is 10.7. The van der Waals surface area contributed by atoms with Crippen LogP contribution in [0.4, 0.5) is 0 Å². The van der Waals surface area contributed by atoms with Gasteiger partial charge in [0.05, 0.1) is 18.4 Å². The molecule has 0 aromatic carbocycles. The van der Waals surface area contributed by atoms with E-state index in [9.17, 15) is 9.59 Å². The summed E-state index contributed by atoms with van der Waals surface area (Å²) < 4.78 is 1.76. The summed E-state index contributed by atoms with van der Waals surface area (Å²) in [5.41, 5.74) is 1.25. The summed E-state index contributed by atoms with van der Waals surface area (Å²) >= 11 is 0. The van der Waals surface area contributed by atoms with Gasteiger partial charge in [-0.25, -0.2) is 4.98 Å². The van der Waals surface area contributed by atoms with Gasteiger partial charge in [0.2, 0.25) is 0 Å². The van der Waals surface area contributed by atoms with E-state index >= 15 is 0 Å². The summed E-state index contributed by atoms with van der Waals surface area (Å²) in [4.78, 5) is 26.5. The zero-order valence-electron chi connectivity index (χ0n) is 8.70. The van der Waals surface area contributed by atoms with Crippen LogP contribution in [0.3, 0.4) is 0 Å². The van der Waals surface area contributed by atoms with Crippen molar-refractivity contribution in [1.82, 2.24) is 9.55 Å². The Balaban J connectivity index is 2.98. The number of rotatable bonds is 4. The van der Waals surface area contributed by atoms with E-state index in [1.54, 1.807) is 17.8 Å². The highest BCUT2D eigenvalue weighted by atomic mass is 16.1. The van der Waals surface area contributed by atoms with Crippen molar-refractivity contribution in [1.29, 1.82) is 0 Å². The zero-order valence-corrected chi connectivity index (χ0v) is 8.70. The van der Waals surface area contributed by atoms with Crippen LogP contribution in [0.2, 0.25) is 0 Å². The third kappa shape index (κ3) is 2.07. The summed E-state index contributed by atoms with van der Waals surface area (Å²) in [6.07, 6.45) is 1.59. The summed E-state index contributed by atoms with van der Waals surface area (Å²) in [5.74, 6) is -0.257. The minimum atomic E-state index is -0.144. The second kappa shape index (κ2) is 4.17. The van der Waals surface area contributed by atoms with Crippen LogP contribution < -0.4 is 0 Å². The molecule has 0 spiro atoms. The molecule has 1 aromatic heterocycles. The normalized spacial score (nSPS) is 10.2. The molecular formula is C10H14N2O2. The van der Waals surface area contributed by atoms with E-state index in [4.69, 9.17) is 0 Å². The maximum absolute atomic E-state index is 11.6. The van der Waals surface area contributed by atoms with Gasteiger partial charge in [0.15, 0.2) is 5.78 Å². The van der Waals surface area contributed by atoms with Gasteiger partial charge in [-0.2, -0.15) is 0 Å². The lowest BCUT2D eigenvalue weighted by Crippen LogP contribution is -2.12. The van der Waals surface area contributed by atoms with Crippen molar-refractivity contribution >= 4 is 11.6 Å². The Morgan fingerprint density at radius 3 is 2.64 bits per heavy atom. The summed E-state index contributed by atoms with van der Waals surface area (Å²) in [7, 11) is 0. The lowest BCUT2D eigenvalue weighted by molar-refractivity contribution is -0.116. The second-order valence-corrected chi connectivity index (χ2v) is 3.27. The van der Waals surface area contributed by atoms with Crippen molar-refractivity contribution < 1.29 is 9.59 Å². The number of aromatic nitrogens is 2. The van der Waals surface area contributed by atoms with Crippen LogP contribution in [0.1, 0.15) is 36.5 Å². The molecule has 0 aliphatic heterocycles. The van der Waals surface area contributed by atoms with Gasteiger partial charge in [-0.05, 0) is 20.8 Å². The Bertz CT molecular complexity index is 366. The third-order valence-electron chi connectivity index (χ3n) is 2.03. The Hall–Kier alpha value is -1.45. The standard InChI is InChI=1S/C10H14N2O2/c1-4-12-6-11-8(3)10(12)9(14)5-7(2)13/h6H,4-5H2,1-3H3. The molecule has 0 radical (unpaired) electrons. The summed E-state index contributed by atoms with van der Waals surface area (Å²) in [6.45, 7) is 5.82. The molecule has 0 saturated carbocycles. The minimum absolute atomic E-state index is 0.0352. The van der Waals surface area contributed by atoms with Gasteiger partial charge in [-0.1, -0.05) is 0 Å². The van der Waals surface area contributed by atoms with Crippen molar-refractivity contribution in [3.63, 3.8) is 0 Å². The van der Waals surface area contributed by atoms with Crippen molar-refractivity contribution in [3.8, 4) is 0 Å². The molecule has 1 rings (SSSR count). The Morgan fingerprint density at radius 2 is 2.14 bits per heavy atom. The molecule has 0 bridgehead atoms. The van der Waals surface area contributed by atoms with Gasteiger partial charge in [0, 0.05) is 6.54 Å². The van der Waals surface area contributed by atoms with Gasteiger partial charge in [0.1, 0.15) is 11.5 Å². The van der Waals surface area contributed by atoms with Gasteiger partial charge >= 0.3 is 0 Å². The molecule has 0 fully saturated rings. The highest BCUT2D eigenvalue weighted by molar-refractivity contribution is 6.06. The largest absolute Gasteiger partial charge is 0.328 e. The number of imidazole rings is 1. The SMILES string of the molecule is CCn1cnc(C)c1C(=O)CC(C)=O. The first-order valence-electron chi connectivity index (χ1n) is 4.60. The van der Waals surface area contributed by atoms with E-state index in [0.717, 1.165) is 0 Å². The van der Waals surface area contributed by atoms with E-state index in [0.29, 0.717) is 17.9 Å². The number of Topliss-reactive ketones (excluding diaryl/α,β-unsaturated/α-hetero) is 2. The molecule has 0 aliphatic carbocycles. The first-order chi connectivity index (χ1) is 6.56. The Morgan fingerprint density at radius 1 is 1.50 bits per heavy atom. The number of hydrogen-bond acceptors (Lipinski definition) is 3. The molecule has 0 atom stereocenters. The van der Waals surface area contributed by atoms with Gasteiger partial charge in [-0.15, -0.1) is 0 Å². The van der Waals surface area contributed by atoms with E-state index in [1.807, 2.05) is 6.92 Å². The van der Waals surface area contributed by atoms with Gasteiger partial charge < -0.3 is 4.57 Å². The predicted octanol–water partition coefficient (Wildman–Crippen LogP) is 1.37. The quantitative estimate of drug-likeness (QED) is 0.537. The molecule has 76 valence electrons. The fourth-order valence-electron chi connectivity index (χ4n) is 1.39. The molecule has 1 heterocycles. The predicted molar refractivity (Wildman–Crippen MR) is 52.3 cm³/mol. The molecule has 0 saturated heterocycles. The van der Waals surface area contributed by atoms with Crippen molar-refractivity contribution in [2.24, 2.45) is 0 Å². The minimum Gasteiger partial charge on any atom is -0.328 e. The Labute approximate surface area is 82.9 Å². The fourth-order valence-corrected chi connectivity index (χ4v) is 1.39. The molecular weight excluding hydrogens is 180 g/mol. The Kier molecular flexibility index (Phi) is 3.17. The smallest absolute Gasteiger partial charge is 0.188 e. The summed E-state index contributed by atoms with van der Waals surface area (Å²) in [5, 5.41) is 0. The highest BCUT2D eigenvalue weighted by Gasteiger charge is 2.16. The number of ketones is 2. The number of nitrogens with zero attached hydrogens (tertiary/aromatic N) is 2. The molecule has 4 nitrogen and oxygen atoms in total. The third-order valence-corrected chi connectivity index (χ3v) is 2.03. The molecule has 0 unspecified atom stereocenters. The average molecular weight is 194 g/mol. The number of hydrogen-bond donors (Lipinski definition) is 0. The van der Waals surface area contributed by atoms with Crippen LogP contribution in [0.15, 0.2) is 6.33 Å². The molecule has 4 heteroatoms. The lowest BCUT2D eigenvalue weighted by Gasteiger charge is -2.03. The van der Waals surface area contributed by atoms with Crippen LogP contribution in [0, 0.1) is 6.92 Å². The van der Waals surface area contributed by atoms with E-state index in [2.05, 4.69) is 4.98 Å². The van der Waals surface area contributed by atoms with Crippen molar-refractivity contribution in [2.75, 3.05) is 0 Å². The monoisotopic (exact) mass is 194 g/mol. The van der Waals surface area contributed by atoms with Crippen LogP contribution in [0.5, 0.6) is 0 Å².